The smallest absolute Gasteiger partial charge is 0.172 e. The summed E-state index contributed by atoms with van der Waals surface area (Å²) in [5.74, 6) is 4.07. The summed E-state index contributed by atoms with van der Waals surface area (Å²) in [5, 5.41) is 10.3. The van der Waals surface area contributed by atoms with Gasteiger partial charge in [0, 0.05) is 12.3 Å². The van der Waals surface area contributed by atoms with Crippen molar-refractivity contribution in [1.82, 2.24) is 0 Å². The fourth-order valence-electron chi connectivity index (χ4n) is 10.1. The first-order valence-corrected chi connectivity index (χ1v) is 12.9. The minimum Gasteiger partial charge on any atom is -0.393 e. The molecule has 1 spiro atoms. The van der Waals surface area contributed by atoms with E-state index >= 15 is 0 Å². The molecule has 11 atom stereocenters. The Balaban J connectivity index is 1.26. The molecule has 30 heavy (non-hydrogen) atoms. The van der Waals surface area contributed by atoms with E-state index in [2.05, 4.69) is 27.4 Å². The van der Waals surface area contributed by atoms with E-state index in [0.717, 1.165) is 49.4 Å². The fourth-order valence-corrected chi connectivity index (χ4v) is 10.1. The van der Waals surface area contributed by atoms with Crippen LogP contribution < -0.4 is 0 Å². The molecular weight excluding hydrogens is 372 g/mol. The van der Waals surface area contributed by atoms with E-state index in [9.17, 15) is 5.11 Å². The average molecular weight is 415 g/mol. The van der Waals surface area contributed by atoms with Crippen LogP contribution in [0.15, 0.2) is 12.2 Å². The molecule has 0 radical (unpaired) electrons. The van der Waals surface area contributed by atoms with Gasteiger partial charge < -0.3 is 14.6 Å². The first-order valence-electron chi connectivity index (χ1n) is 12.9. The molecule has 3 heteroatoms. The van der Waals surface area contributed by atoms with Gasteiger partial charge in [-0.3, -0.25) is 0 Å². The molecule has 3 nitrogen and oxygen atoms in total. The second-order valence-electron chi connectivity index (χ2n) is 12.7. The topological polar surface area (TPSA) is 38.7 Å². The van der Waals surface area contributed by atoms with Gasteiger partial charge >= 0.3 is 0 Å². The van der Waals surface area contributed by atoms with E-state index in [0.29, 0.717) is 35.4 Å². The Kier molecular flexibility index (Phi) is 4.44. The van der Waals surface area contributed by atoms with Crippen LogP contribution >= 0.6 is 0 Å². The van der Waals surface area contributed by atoms with E-state index in [1.54, 1.807) is 0 Å². The second-order valence-corrected chi connectivity index (χ2v) is 12.7. The lowest BCUT2D eigenvalue weighted by Crippen LogP contribution is -2.55. The lowest BCUT2D eigenvalue weighted by atomic mass is 9.44. The van der Waals surface area contributed by atoms with Crippen LogP contribution in [0.3, 0.4) is 0 Å². The number of aliphatic hydroxyl groups is 1. The summed E-state index contributed by atoms with van der Waals surface area (Å²) in [6.07, 6.45) is 12.4. The van der Waals surface area contributed by atoms with Crippen molar-refractivity contribution >= 4 is 0 Å². The third-order valence-electron chi connectivity index (χ3n) is 11.7. The van der Waals surface area contributed by atoms with E-state index in [4.69, 9.17) is 9.47 Å². The summed E-state index contributed by atoms with van der Waals surface area (Å²) in [6.45, 7) is 12.5. The largest absolute Gasteiger partial charge is 0.393 e. The summed E-state index contributed by atoms with van der Waals surface area (Å²) in [7, 11) is 0. The summed E-state index contributed by atoms with van der Waals surface area (Å²) >= 11 is 0. The Hall–Kier alpha value is -0.380. The molecule has 0 bridgehead atoms. The Labute approximate surface area is 183 Å². The molecule has 4 saturated carbocycles. The average Bonchev–Trinajstić information content (AvgIpc) is 3.16. The maximum Gasteiger partial charge on any atom is 0.172 e. The van der Waals surface area contributed by atoms with Crippen molar-refractivity contribution < 1.29 is 14.6 Å². The molecule has 0 aromatic rings. The molecule has 6 aliphatic rings. The third kappa shape index (κ3) is 2.55. The van der Waals surface area contributed by atoms with Crippen LogP contribution in [-0.2, 0) is 9.47 Å². The molecule has 2 heterocycles. The zero-order valence-corrected chi connectivity index (χ0v) is 19.4. The van der Waals surface area contributed by atoms with E-state index in [-0.39, 0.29) is 11.9 Å². The quantitative estimate of drug-likeness (QED) is 0.516. The van der Waals surface area contributed by atoms with Gasteiger partial charge in [-0.1, -0.05) is 32.9 Å². The van der Waals surface area contributed by atoms with E-state index in [1.165, 1.54) is 44.1 Å². The highest BCUT2D eigenvalue weighted by atomic mass is 16.7. The minimum absolute atomic E-state index is 0.0451. The van der Waals surface area contributed by atoms with Crippen LogP contribution in [0.5, 0.6) is 0 Å². The fraction of sp³-hybridized carbons (Fsp3) is 0.926. The number of aliphatic hydroxyl groups excluding tert-OH is 1. The van der Waals surface area contributed by atoms with Crippen LogP contribution in [0.25, 0.3) is 0 Å². The maximum atomic E-state index is 10.3. The lowest BCUT2D eigenvalue weighted by molar-refractivity contribution is -0.256. The second kappa shape index (κ2) is 6.58. The number of fused-ring (bicyclic) bond motifs is 7. The molecule has 1 N–H and O–H groups in total. The summed E-state index contributed by atoms with van der Waals surface area (Å²) in [5.41, 5.74) is 2.09. The number of rotatable bonds is 0. The molecule has 0 aromatic carbocycles. The normalized spacial score (nSPS) is 60.1. The summed E-state index contributed by atoms with van der Waals surface area (Å²) in [6, 6.07) is 0. The lowest BCUT2D eigenvalue weighted by Gasteiger charge is -2.61. The van der Waals surface area contributed by atoms with Gasteiger partial charge in [-0.25, -0.2) is 0 Å². The van der Waals surface area contributed by atoms with Crippen molar-refractivity contribution in [2.45, 2.75) is 103 Å². The van der Waals surface area contributed by atoms with Crippen molar-refractivity contribution in [2.24, 2.45) is 46.3 Å². The molecule has 6 rings (SSSR count). The highest BCUT2D eigenvalue weighted by molar-refractivity contribution is 5.16. The molecule has 4 aliphatic carbocycles. The molecule has 2 aliphatic heterocycles. The molecular formula is C27H42O3. The first-order chi connectivity index (χ1) is 14.3. The van der Waals surface area contributed by atoms with E-state index in [1.807, 2.05) is 0 Å². The summed E-state index contributed by atoms with van der Waals surface area (Å²) in [4.78, 5) is 0. The number of hydrogen-bond acceptors (Lipinski definition) is 3. The summed E-state index contributed by atoms with van der Waals surface area (Å²) < 4.78 is 13.2. The van der Waals surface area contributed by atoms with Crippen LogP contribution in [0.1, 0.15) is 85.0 Å². The molecule has 168 valence electrons. The predicted octanol–water partition coefficient (Wildman–Crippen LogP) is 5.71. The van der Waals surface area contributed by atoms with Gasteiger partial charge in [-0.2, -0.15) is 0 Å². The monoisotopic (exact) mass is 414 g/mol. The van der Waals surface area contributed by atoms with Gasteiger partial charge in [0.15, 0.2) is 5.79 Å². The van der Waals surface area contributed by atoms with Crippen molar-refractivity contribution in [3.05, 3.63) is 12.2 Å². The Morgan fingerprint density at radius 2 is 1.77 bits per heavy atom. The van der Waals surface area contributed by atoms with Crippen molar-refractivity contribution in [2.75, 3.05) is 6.61 Å². The number of ether oxygens (including phenoxy) is 2. The van der Waals surface area contributed by atoms with E-state index < -0.39 is 0 Å². The zero-order chi connectivity index (χ0) is 20.9. The van der Waals surface area contributed by atoms with Gasteiger partial charge in [-0.05, 0) is 98.2 Å². The highest BCUT2D eigenvalue weighted by Crippen LogP contribution is 2.71. The van der Waals surface area contributed by atoms with Gasteiger partial charge in [0.05, 0.1) is 18.8 Å². The van der Waals surface area contributed by atoms with Gasteiger partial charge in [0.2, 0.25) is 0 Å². The molecule has 0 aromatic heterocycles. The molecule has 6 fully saturated rings. The third-order valence-corrected chi connectivity index (χ3v) is 11.7. The van der Waals surface area contributed by atoms with Gasteiger partial charge in [0.25, 0.3) is 0 Å². The molecule has 2 saturated heterocycles. The SMILES string of the molecule is C=C1CC[C@@]2(OC1)O[C@H]1C[C@H]3[C@@H]4CC[C@@H]5C[C@@H](O)CC[C@]5(C)[C@@H]4CC[C@]3(C)[C@H]1[C@@H]2C. The van der Waals surface area contributed by atoms with Crippen molar-refractivity contribution in [3.63, 3.8) is 0 Å². The number of hydrogen-bond donors (Lipinski definition) is 1. The van der Waals surface area contributed by atoms with Crippen LogP contribution in [0, 0.1) is 46.3 Å². The molecule has 0 unspecified atom stereocenters. The Bertz CT molecular complexity index is 722. The van der Waals surface area contributed by atoms with Crippen LogP contribution in [-0.4, -0.2) is 29.7 Å². The Morgan fingerprint density at radius 1 is 0.967 bits per heavy atom. The van der Waals surface area contributed by atoms with Crippen LogP contribution in [0.2, 0.25) is 0 Å². The minimum atomic E-state index is -0.343. The highest BCUT2D eigenvalue weighted by Gasteiger charge is 2.69. The predicted molar refractivity (Wildman–Crippen MR) is 118 cm³/mol. The van der Waals surface area contributed by atoms with Crippen LogP contribution in [0.4, 0.5) is 0 Å². The van der Waals surface area contributed by atoms with Gasteiger partial charge in [0.1, 0.15) is 0 Å². The Morgan fingerprint density at radius 3 is 2.53 bits per heavy atom. The molecule has 0 amide bonds. The van der Waals surface area contributed by atoms with Crippen molar-refractivity contribution in [1.29, 1.82) is 0 Å². The zero-order valence-electron chi connectivity index (χ0n) is 19.4. The maximum absolute atomic E-state index is 10.3. The standard InChI is InChI=1S/C27H42O3/c1-16-7-12-27(29-15-16)17(2)24-23(30-27)14-22-20-6-5-18-13-19(28)8-10-25(18,3)21(20)9-11-26(22,24)4/h17-24,28H,1,5-15H2,2-4H3/t17-,18+,19-,20+,21+,22-,23-,24-,25-,26-,27+/m0/s1. The first kappa shape index (κ1) is 20.2. The van der Waals surface area contributed by atoms with Gasteiger partial charge in [-0.15, -0.1) is 0 Å². The van der Waals surface area contributed by atoms with Crippen molar-refractivity contribution in [3.8, 4) is 0 Å².